The lowest BCUT2D eigenvalue weighted by molar-refractivity contribution is -0.149. The molecule has 0 saturated heterocycles. The van der Waals surface area contributed by atoms with E-state index >= 15 is 0 Å². The molecule has 1 amide bonds. The fraction of sp³-hybridized carbons (Fsp3) is 0.556. The van der Waals surface area contributed by atoms with Crippen molar-refractivity contribution in [3.05, 3.63) is 28.2 Å². The van der Waals surface area contributed by atoms with Crippen molar-refractivity contribution in [2.45, 2.75) is 50.0 Å². The molecule has 0 aromatic heterocycles. The summed E-state index contributed by atoms with van der Waals surface area (Å²) in [6.45, 7) is 1.44. The summed E-state index contributed by atoms with van der Waals surface area (Å²) in [5.41, 5.74) is 0. The number of ether oxygens (including phenoxy) is 1. The first-order chi connectivity index (χ1) is 13.2. The molecule has 2 rings (SSSR count). The third-order valence-corrected chi connectivity index (χ3v) is 6.82. The van der Waals surface area contributed by atoms with Gasteiger partial charge in [-0.05, 0) is 43.9 Å². The van der Waals surface area contributed by atoms with Gasteiger partial charge < -0.3 is 10.1 Å². The number of rotatable bonds is 8. The van der Waals surface area contributed by atoms with Crippen LogP contribution in [0.25, 0.3) is 0 Å². The summed E-state index contributed by atoms with van der Waals surface area (Å²) < 4.78 is 31.7. The van der Waals surface area contributed by atoms with Gasteiger partial charge >= 0.3 is 5.97 Å². The zero-order chi connectivity index (χ0) is 20.7. The molecule has 0 bridgehead atoms. The van der Waals surface area contributed by atoms with Crippen molar-refractivity contribution in [1.29, 1.82) is 0 Å². The van der Waals surface area contributed by atoms with Gasteiger partial charge in [0.1, 0.15) is 6.04 Å². The zero-order valence-electron chi connectivity index (χ0n) is 15.5. The Bertz CT molecular complexity index is 810. The van der Waals surface area contributed by atoms with Crippen LogP contribution >= 0.6 is 23.2 Å². The second kappa shape index (κ2) is 10.4. The Morgan fingerprint density at radius 3 is 2.50 bits per heavy atom. The van der Waals surface area contributed by atoms with Crippen LogP contribution in [-0.4, -0.2) is 39.5 Å². The Kier molecular flexibility index (Phi) is 8.55. The third kappa shape index (κ3) is 6.92. The summed E-state index contributed by atoms with van der Waals surface area (Å²) in [6, 6.07) is 2.62. The van der Waals surface area contributed by atoms with Crippen LogP contribution in [0, 0.1) is 5.92 Å². The molecule has 0 aliphatic heterocycles. The third-order valence-electron chi connectivity index (χ3n) is 4.55. The Balaban J connectivity index is 1.79. The van der Waals surface area contributed by atoms with Crippen LogP contribution in [0.15, 0.2) is 23.1 Å². The summed E-state index contributed by atoms with van der Waals surface area (Å²) in [5, 5.41) is 3.04. The van der Waals surface area contributed by atoms with E-state index in [0.29, 0.717) is 12.5 Å². The number of carbonyl (C=O) groups excluding carboxylic acids is 2. The highest BCUT2D eigenvalue weighted by Gasteiger charge is 2.24. The van der Waals surface area contributed by atoms with Crippen molar-refractivity contribution in [1.82, 2.24) is 10.0 Å². The molecular weight excluding hydrogens is 427 g/mol. The lowest BCUT2D eigenvalue weighted by Gasteiger charge is -2.21. The van der Waals surface area contributed by atoms with Gasteiger partial charge in [-0.1, -0.05) is 42.5 Å². The minimum atomic E-state index is -4.00. The number of hydrogen-bond donors (Lipinski definition) is 2. The van der Waals surface area contributed by atoms with Crippen LogP contribution in [-0.2, 0) is 24.3 Å². The quantitative estimate of drug-likeness (QED) is 0.592. The van der Waals surface area contributed by atoms with Crippen LogP contribution < -0.4 is 10.0 Å². The van der Waals surface area contributed by atoms with E-state index in [9.17, 15) is 18.0 Å². The summed E-state index contributed by atoms with van der Waals surface area (Å²) in [7, 11) is -4.00. The average molecular weight is 451 g/mol. The molecule has 1 aromatic carbocycles. The minimum Gasteiger partial charge on any atom is -0.454 e. The van der Waals surface area contributed by atoms with E-state index in [4.69, 9.17) is 27.9 Å². The Morgan fingerprint density at radius 1 is 1.18 bits per heavy atom. The Morgan fingerprint density at radius 2 is 1.86 bits per heavy atom. The highest BCUT2D eigenvalue weighted by molar-refractivity contribution is 7.89. The molecule has 1 saturated carbocycles. The standard InChI is InChI=1S/C18H24Cl2N2O5S/c1-12(22-28(25,26)14-7-8-15(19)16(20)9-14)18(24)27-11-17(23)21-10-13-5-3-2-4-6-13/h7-9,12-13,22H,2-6,10-11H2,1H3,(H,21,23)/t12-/m0/s1. The van der Waals surface area contributed by atoms with Crippen LogP contribution in [0.4, 0.5) is 0 Å². The molecule has 1 fully saturated rings. The van der Waals surface area contributed by atoms with Crippen molar-refractivity contribution in [3.8, 4) is 0 Å². The van der Waals surface area contributed by atoms with Gasteiger partial charge in [-0.3, -0.25) is 9.59 Å². The number of esters is 1. The molecule has 0 spiro atoms. The summed E-state index contributed by atoms with van der Waals surface area (Å²) >= 11 is 11.6. The van der Waals surface area contributed by atoms with Gasteiger partial charge in [0.15, 0.2) is 6.61 Å². The molecule has 156 valence electrons. The van der Waals surface area contributed by atoms with Crippen molar-refractivity contribution in [2.75, 3.05) is 13.2 Å². The average Bonchev–Trinajstić information content (AvgIpc) is 2.66. The van der Waals surface area contributed by atoms with Crippen molar-refractivity contribution < 1.29 is 22.7 Å². The van der Waals surface area contributed by atoms with E-state index in [1.54, 1.807) is 0 Å². The van der Waals surface area contributed by atoms with Crippen LogP contribution in [0.2, 0.25) is 10.0 Å². The topological polar surface area (TPSA) is 102 Å². The van der Waals surface area contributed by atoms with Crippen molar-refractivity contribution >= 4 is 45.1 Å². The normalized spacial score (nSPS) is 16.4. The summed E-state index contributed by atoms with van der Waals surface area (Å²) in [5.74, 6) is -0.791. The van der Waals surface area contributed by atoms with E-state index in [1.807, 2.05) is 0 Å². The second-order valence-corrected chi connectivity index (χ2v) is 9.36. The van der Waals surface area contributed by atoms with E-state index in [0.717, 1.165) is 12.8 Å². The Labute approximate surface area is 175 Å². The predicted molar refractivity (Wildman–Crippen MR) is 107 cm³/mol. The first-order valence-corrected chi connectivity index (χ1v) is 11.3. The monoisotopic (exact) mass is 450 g/mol. The molecule has 0 heterocycles. The van der Waals surface area contributed by atoms with Gasteiger partial charge in [0.2, 0.25) is 10.0 Å². The molecule has 0 unspecified atom stereocenters. The maximum Gasteiger partial charge on any atom is 0.324 e. The highest BCUT2D eigenvalue weighted by atomic mass is 35.5. The molecule has 7 nitrogen and oxygen atoms in total. The number of nitrogens with one attached hydrogen (secondary N) is 2. The van der Waals surface area contributed by atoms with E-state index < -0.39 is 34.5 Å². The molecule has 28 heavy (non-hydrogen) atoms. The van der Waals surface area contributed by atoms with Gasteiger partial charge in [-0.15, -0.1) is 0 Å². The molecule has 2 N–H and O–H groups in total. The summed E-state index contributed by atoms with van der Waals surface area (Å²) in [4.78, 5) is 23.7. The number of sulfonamides is 1. The molecule has 10 heteroatoms. The van der Waals surface area contributed by atoms with Gasteiger partial charge in [0.25, 0.3) is 5.91 Å². The lowest BCUT2D eigenvalue weighted by atomic mass is 9.89. The Hall–Kier alpha value is -1.35. The lowest BCUT2D eigenvalue weighted by Crippen LogP contribution is -2.41. The van der Waals surface area contributed by atoms with E-state index in [1.165, 1.54) is 44.4 Å². The molecule has 1 atom stereocenters. The van der Waals surface area contributed by atoms with Gasteiger partial charge in [0, 0.05) is 6.54 Å². The van der Waals surface area contributed by atoms with Crippen molar-refractivity contribution in [3.63, 3.8) is 0 Å². The SMILES string of the molecule is C[C@H](NS(=O)(=O)c1ccc(Cl)c(Cl)c1)C(=O)OCC(=O)NCC1CCCCC1. The maximum absolute atomic E-state index is 12.3. The number of amides is 1. The molecule has 1 aliphatic rings. The van der Waals surface area contributed by atoms with Crippen LogP contribution in [0.1, 0.15) is 39.0 Å². The smallest absolute Gasteiger partial charge is 0.324 e. The minimum absolute atomic E-state index is 0.0782. The fourth-order valence-electron chi connectivity index (χ4n) is 2.96. The van der Waals surface area contributed by atoms with Gasteiger partial charge in [0.05, 0.1) is 14.9 Å². The molecule has 0 radical (unpaired) electrons. The molecule has 1 aromatic rings. The van der Waals surface area contributed by atoms with E-state index in [2.05, 4.69) is 10.0 Å². The zero-order valence-corrected chi connectivity index (χ0v) is 17.9. The number of carbonyl (C=O) groups is 2. The van der Waals surface area contributed by atoms with Crippen LogP contribution in [0.3, 0.4) is 0 Å². The largest absolute Gasteiger partial charge is 0.454 e. The first kappa shape index (κ1) is 22.9. The number of benzene rings is 1. The summed E-state index contributed by atoms with van der Waals surface area (Å²) in [6.07, 6.45) is 5.76. The van der Waals surface area contributed by atoms with Crippen molar-refractivity contribution in [2.24, 2.45) is 5.92 Å². The highest BCUT2D eigenvalue weighted by Crippen LogP contribution is 2.25. The van der Waals surface area contributed by atoms with Gasteiger partial charge in [-0.2, -0.15) is 4.72 Å². The second-order valence-electron chi connectivity index (χ2n) is 6.83. The van der Waals surface area contributed by atoms with Gasteiger partial charge in [-0.25, -0.2) is 8.42 Å². The molecule has 1 aliphatic carbocycles. The fourth-order valence-corrected chi connectivity index (χ4v) is 4.54. The number of halogens is 2. The molecular formula is C18H24Cl2N2O5S. The number of hydrogen-bond acceptors (Lipinski definition) is 5. The maximum atomic E-state index is 12.3. The predicted octanol–water partition coefficient (Wildman–Crippen LogP) is 2.90. The van der Waals surface area contributed by atoms with E-state index in [-0.39, 0.29) is 14.9 Å². The first-order valence-electron chi connectivity index (χ1n) is 9.10. The van der Waals surface area contributed by atoms with Crippen LogP contribution in [0.5, 0.6) is 0 Å².